The summed E-state index contributed by atoms with van der Waals surface area (Å²) < 4.78 is 5.06. The Morgan fingerprint density at radius 2 is 2.04 bits per heavy atom. The summed E-state index contributed by atoms with van der Waals surface area (Å²) in [7, 11) is 0. The van der Waals surface area contributed by atoms with E-state index in [0.29, 0.717) is 28.8 Å². The van der Waals surface area contributed by atoms with Gasteiger partial charge in [0.1, 0.15) is 10.3 Å². The standard InChI is InChI=1S/C18H25N3O4S2/c1-5-11-9-12(17(24)25-8-4)15(26-11)20-14(22)10-13-16(23)21(7-3)18(27-13)19-6-2/h9,13H,5-8,10H2,1-4H3,(H,20,22)/t13-/m0/s1. The van der Waals surface area contributed by atoms with Crippen LogP contribution in [0.2, 0.25) is 0 Å². The van der Waals surface area contributed by atoms with Crippen LogP contribution >= 0.6 is 23.1 Å². The van der Waals surface area contributed by atoms with Crippen molar-refractivity contribution in [2.45, 2.75) is 45.8 Å². The summed E-state index contributed by atoms with van der Waals surface area (Å²) in [4.78, 5) is 44.1. The van der Waals surface area contributed by atoms with E-state index in [-0.39, 0.29) is 24.8 Å². The minimum absolute atomic E-state index is 0.0321. The third-order valence-corrected chi connectivity index (χ3v) is 6.29. The van der Waals surface area contributed by atoms with Crippen LogP contribution in [0.25, 0.3) is 0 Å². The van der Waals surface area contributed by atoms with Crippen LogP contribution in [-0.4, -0.2) is 52.8 Å². The summed E-state index contributed by atoms with van der Waals surface area (Å²) in [5.41, 5.74) is 0.362. The minimum atomic E-state index is -0.494. The topological polar surface area (TPSA) is 88.1 Å². The molecule has 1 fully saturated rings. The van der Waals surface area contributed by atoms with Crippen molar-refractivity contribution in [2.75, 3.05) is 25.0 Å². The summed E-state index contributed by atoms with van der Waals surface area (Å²) in [6, 6.07) is 1.75. The van der Waals surface area contributed by atoms with Crippen LogP contribution in [0.4, 0.5) is 5.00 Å². The van der Waals surface area contributed by atoms with Crippen LogP contribution in [0.1, 0.15) is 49.4 Å². The second-order valence-electron chi connectivity index (χ2n) is 5.73. The lowest BCUT2D eigenvalue weighted by Gasteiger charge is -2.13. The van der Waals surface area contributed by atoms with Crippen LogP contribution in [0.5, 0.6) is 0 Å². The summed E-state index contributed by atoms with van der Waals surface area (Å²) >= 11 is 2.68. The molecule has 148 valence electrons. The van der Waals surface area contributed by atoms with Gasteiger partial charge in [-0.15, -0.1) is 11.3 Å². The first-order valence-electron chi connectivity index (χ1n) is 9.07. The number of hydrogen-bond donors (Lipinski definition) is 1. The number of aliphatic imine (C=N–C) groups is 1. The van der Waals surface area contributed by atoms with E-state index in [9.17, 15) is 14.4 Å². The van der Waals surface area contributed by atoms with E-state index in [1.165, 1.54) is 23.1 Å². The lowest BCUT2D eigenvalue weighted by molar-refractivity contribution is -0.128. The zero-order valence-corrected chi connectivity index (χ0v) is 17.7. The molecule has 0 aromatic carbocycles. The predicted molar refractivity (Wildman–Crippen MR) is 110 cm³/mol. The molecule has 0 saturated carbocycles. The fourth-order valence-corrected chi connectivity index (χ4v) is 4.87. The molecule has 2 rings (SSSR count). The van der Waals surface area contributed by atoms with Gasteiger partial charge in [-0.2, -0.15) is 0 Å². The van der Waals surface area contributed by atoms with E-state index < -0.39 is 11.2 Å². The zero-order valence-electron chi connectivity index (χ0n) is 16.0. The fraction of sp³-hybridized carbons (Fsp3) is 0.556. The average molecular weight is 412 g/mol. The third-order valence-electron chi connectivity index (χ3n) is 3.88. The number of nitrogens with one attached hydrogen (secondary N) is 1. The molecule has 1 aliphatic rings. The summed E-state index contributed by atoms with van der Waals surface area (Å²) in [6.07, 6.45) is 0.788. The Hall–Kier alpha value is -1.87. The molecule has 7 nitrogen and oxygen atoms in total. The predicted octanol–water partition coefficient (Wildman–Crippen LogP) is 3.16. The number of ether oxygens (including phenoxy) is 1. The number of aryl methyl sites for hydroxylation is 1. The molecule has 1 N–H and O–H groups in total. The first kappa shape index (κ1) is 21.4. The van der Waals surface area contributed by atoms with Crippen molar-refractivity contribution in [1.29, 1.82) is 0 Å². The van der Waals surface area contributed by atoms with Crippen LogP contribution in [-0.2, 0) is 20.7 Å². The molecule has 27 heavy (non-hydrogen) atoms. The van der Waals surface area contributed by atoms with Gasteiger partial charge < -0.3 is 10.1 Å². The van der Waals surface area contributed by atoms with Crippen LogP contribution < -0.4 is 5.32 Å². The molecule has 0 unspecified atom stereocenters. The molecule has 1 aromatic heterocycles. The highest BCUT2D eigenvalue weighted by atomic mass is 32.2. The number of thiophene rings is 1. The van der Waals surface area contributed by atoms with E-state index in [4.69, 9.17) is 4.74 Å². The number of carbonyl (C=O) groups is 3. The number of carbonyl (C=O) groups excluding carboxylic acids is 3. The maximum absolute atomic E-state index is 12.5. The number of rotatable bonds is 8. The molecule has 0 aliphatic carbocycles. The quantitative estimate of drug-likeness (QED) is 0.664. The average Bonchev–Trinajstić information content (AvgIpc) is 3.16. The molecule has 0 spiro atoms. The molecule has 1 saturated heterocycles. The first-order chi connectivity index (χ1) is 12.9. The van der Waals surface area contributed by atoms with Gasteiger partial charge in [0.15, 0.2) is 5.17 Å². The lowest BCUT2D eigenvalue weighted by Crippen LogP contribution is -2.33. The number of amidine groups is 1. The van der Waals surface area contributed by atoms with Gasteiger partial charge in [0.05, 0.1) is 12.2 Å². The van der Waals surface area contributed by atoms with Gasteiger partial charge in [-0.1, -0.05) is 18.7 Å². The van der Waals surface area contributed by atoms with Gasteiger partial charge in [-0.3, -0.25) is 19.5 Å². The highest BCUT2D eigenvalue weighted by molar-refractivity contribution is 8.15. The Labute approximate surface area is 167 Å². The first-order valence-corrected chi connectivity index (χ1v) is 10.8. The van der Waals surface area contributed by atoms with Gasteiger partial charge in [0, 0.05) is 24.4 Å². The van der Waals surface area contributed by atoms with Crippen LogP contribution in [0.3, 0.4) is 0 Å². The summed E-state index contributed by atoms with van der Waals surface area (Å²) in [5.74, 6) is -0.856. The zero-order chi connectivity index (χ0) is 20.0. The monoisotopic (exact) mass is 411 g/mol. The molecule has 0 bridgehead atoms. The minimum Gasteiger partial charge on any atom is -0.462 e. The van der Waals surface area contributed by atoms with E-state index in [1.807, 2.05) is 20.8 Å². The number of nitrogens with zero attached hydrogens (tertiary/aromatic N) is 2. The Bertz CT molecular complexity index is 745. The largest absolute Gasteiger partial charge is 0.462 e. The molecule has 0 radical (unpaired) electrons. The maximum atomic E-state index is 12.5. The summed E-state index contributed by atoms with van der Waals surface area (Å²) in [6.45, 7) is 8.89. The molecular weight excluding hydrogens is 386 g/mol. The molecular formula is C18H25N3O4S2. The van der Waals surface area contributed by atoms with Crippen molar-refractivity contribution in [3.05, 3.63) is 16.5 Å². The van der Waals surface area contributed by atoms with Crippen LogP contribution in [0, 0.1) is 0 Å². The second kappa shape index (κ2) is 9.89. The van der Waals surface area contributed by atoms with Crippen molar-refractivity contribution < 1.29 is 19.1 Å². The van der Waals surface area contributed by atoms with Gasteiger partial charge in [-0.05, 0) is 33.3 Å². The van der Waals surface area contributed by atoms with Crippen molar-refractivity contribution in [1.82, 2.24) is 4.90 Å². The number of esters is 1. The van der Waals surface area contributed by atoms with Gasteiger partial charge in [-0.25, -0.2) is 4.79 Å². The van der Waals surface area contributed by atoms with E-state index in [0.717, 1.165) is 11.3 Å². The molecule has 2 amide bonds. The number of hydrogen-bond acceptors (Lipinski definition) is 7. The highest BCUT2D eigenvalue weighted by Crippen LogP contribution is 2.32. The van der Waals surface area contributed by atoms with Crippen molar-refractivity contribution in [2.24, 2.45) is 4.99 Å². The van der Waals surface area contributed by atoms with Gasteiger partial charge >= 0.3 is 5.97 Å². The Morgan fingerprint density at radius 3 is 2.63 bits per heavy atom. The summed E-state index contributed by atoms with van der Waals surface area (Å²) in [5, 5.41) is 3.43. The highest BCUT2D eigenvalue weighted by Gasteiger charge is 2.38. The number of anilines is 1. The Balaban J connectivity index is 2.10. The molecule has 9 heteroatoms. The molecule has 1 atom stereocenters. The third kappa shape index (κ3) is 5.10. The van der Waals surface area contributed by atoms with Gasteiger partial charge in [0.2, 0.25) is 11.8 Å². The maximum Gasteiger partial charge on any atom is 0.341 e. The van der Waals surface area contributed by atoms with E-state index in [1.54, 1.807) is 17.9 Å². The normalized spacial score (nSPS) is 18.2. The van der Waals surface area contributed by atoms with Crippen molar-refractivity contribution in [3.8, 4) is 0 Å². The van der Waals surface area contributed by atoms with Crippen LogP contribution in [0.15, 0.2) is 11.1 Å². The Morgan fingerprint density at radius 1 is 1.30 bits per heavy atom. The molecule has 1 aromatic rings. The number of thioether (sulfide) groups is 1. The fourth-order valence-electron chi connectivity index (χ4n) is 2.60. The Kier molecular flexibility index (Phi) is 7.85. The second-order valence-corrected chi connectivity index (χ2v) is 8.03. The molecule has 2 heterocycles. The lowest BCUT2D eigenvalue weighted by atomic mass is 10.2. The van der Waals surface area contributed by atoms with E-state index >= 15 is 0 Å². The number of amides is 2. The van der Waals surface area contributed by atoms with E-state index in [2.05, 4.69) is 10.3 Å². The SMILES string of the molecule is CCN=C1S[C@@H](CC(=O)Nc2sc(CC)cc2C(=O)OCC)C(=O)N1CC. The molecule has 1 aliphatic heterocycles. The smallest absolute Gasteiger partial charge is 0.341 e. The van der Waals surface area contributed by atoms with Crippen molar-refractivity contribution in [3.63, 3.8) is 0 Å². The van der Waals surface area contributed by atoms with Gasteiger partial charge in [0.25, 0.3) is 0 Å². The van der Waals surface area contributed by atoms with Crippen molar-refractivity contribution >= 4 is 51.1 Å².